The van der Waals surface area contributed by atoms with Gasteiger partial charge in [-0.1, -0.05) is 0 Å². The third-order valence-corrected chi connectivity index (χ3v) is 5.30. The smallest absolute Gasteiger partial charge is 0.0536 e. The molecule has 1 aliphatic rings. The molecule has 146 valence electrons. The number of rotatable bonds is 4. The van der Waals surface area contributed by atoms with Gasteiger partial charge in [0, 0.05) is 0 Å². The zero-order chi connectivity index (χ0) is 20.0. The van der Waals surface area contributed by atoms with Gasteiger partial charge in [-0.15, -0.1) is 0 Å². The second-order valence-electron chi connectivity index (χ2n) is 6.98. The van der Waals surface area contributed by atoms with Crippen LogP contribution >= 0.6 is 0 Å². The van der Waals surface area contributed by atoms with Crippen LogP contribution in [0.3, 0.4) is 0 Å². The van der Waals surface area contributed by atoms with E-state index in [1.165, 1.54) is 5.69 Å². The third-order valence-electron chi connectivity index (χ3n) is 4.55. The number of hydrogen-bond acceptors (Lipinski definition) is 4. The minimum atomic E-state index is -0.375. The number of hydrogen-bond donors (Lipinski definition) is 2. The maximum absolute atomic E-state index is 8.56. The topological polar surface area (TPSA) is 46.9 Å². The van der Waals surface area contributed by atoms with Crippen LogP contribution in [0.2, 0.25) is 13.6 Å². The van der Waals surface area contributed by atoms with E-state index in [0.717, 1.165) is 9.92 Å². The Labute approximate surface area is 174 Å². The van der Waals surface area contributed by atoms with E-state index in [4.69, 9.17) is 10.2 Å². The van der Waals surface area contributed by atoms with Gasteiger partial charge in [-0.2, -0.15) is 0 Å². The first-order chi connectivity index (χ1) is 12.8. The van der Waals surface area contributed by atoms with E-state index in [1.807, 2.05) is 18.2 Å². The summed E-state index contributed by atoms with van der Waals surface area (Å²) in [6.45, 7) is 8.61. The zero-order valence-corrected chi connectivity index (χ0v) is 17.9. The molecule has 1 heterocycles. The monoisotopic (exact) mass is 455 g/mol. The number of para-hydroxylation sites is 2. The molecular weight excluding hydrogens is 428 g/mol. The number of benzene rings is 2. The van der Waals surface area contributed by atoms with E-state index in [1.54, 1.807) is 13.8 Å². The van der Waals surface area contributed by atoms with Gasteiger partial charge in [-0.25, -0.2) is 0 Å². The number of anilines is 2. The molecule has 1 aliphatic heterocycles. The van der Waals surface area contributed by atoms with Crippen LogP contribution in [0.4, 0.5) is 11.4 Å². The second-order valence-corrected chi connectivity index (χ2v) is 7.67. The molecule has 1 fully saturated rings. The van der Waals surface area contributed by atoms with Crippen molar-refractivity contribution < 1.29 is 29.0 Å². The van der Waals surface area contributed by atoms with Crippen LogP contribution in [0.1, 0.15) is 20.3 Å². The first-order valence-electron chi connectivity index (χ1n) is 9.28. The number of nitrogens with zero attached hydrogens (tertiary/aromatic N) is 2. The van der Waals surface area contributed by atoms with Crippen molar-refractivity contribution in [2.75, 3.05) is 9.62 Å². The summed E-state index contributed by atoms with van der Waals surface area (Å²) in [5.41, 5.74) is 2.32. The predicted octanol–water partition coefficient (Wildman–Crippen LogP) is 2.91. The van der Waals surface area contributed by atoms with E-state index in [-0.39, 0.29) is 12.2 Å². The van der Waals surface area contributed by atoms with Gasteiger partial charge in [0.15, 0.2) is 0 Å². The molecular formula is C20H27B2N2O2Pd-. The molecule has 2 atom stereocenters. The molecule has 1 saturated heterocycles. The largest absolute Gasteiger partial charge is 0.393 e. The van der Waals surface area contributed by atoms with Gasteiger partial charge in [0.2, 0.25) is 0 Å². The van der Waals surface area contributed by atoms with Crippen molar-refractivity contribution in [1.82, 2.24) is 0 Å². The van der Waals surface area contributed by atoms with Gasteiger partial charge in [-0.05, 0) is 20.3 Å². The zero-order valence-electron chi connectivity index (χ0n) is 16.3. The summed E-state index contributed by atoms with van der Waals surface area (Å²) in [7, 11) is 0. The Kier molecular flexibility index (Phi) is 8.32. The normalized spacial score (nSPS) is 16.2. The van der Waals surface area contributed by atoms with E-state index < -0.39 is 0 Å². The predicted molar refractivity (Wildman–Crippen MR) is 113 cm³/mol. The first-order valence-corrected chi connectivity index (χ1v) is 10.1. The molecule has 2 unspecified atom stereocenters. The van der Waals surface area contributed by atoms with Crippen LogP contribution in [-0.4, -0.2) is 40.1 Å². The van der Waals surface area contributed by atoms with Crippen molar-refractivity contribution in [1.29, 1.82) is 0 Å². The number of aliphatic hydroxyl groups excluding tert-OH is 2. The van der Waals surface area contributed by atoms with Gasteiger partial charge in [0.1, 0.15) is 0 Å². The standard InChI is InChI=1S/C15H15B2N2.C5H12O2.Pd/c1-16-17(2)19(15-11-7-4-8-12-15)13-18(16)14-9-5-3-6-10-14;1-4(6)3-5(2)7;/h3-11H,1-2H3;4-7H,3H2,1-2H3;/q-1;;. The molecule has 4 nitrogen and oxygen atoms in total. The Hall–Kier alpha value is -1.38. The van der Waals surface area contributed by atoms with Crippen LogP contribution in [0.25, 0.3) is 0 Å². The van der Waals surface area contributed by atoms with Crippen LogP contribution in [0.15, 0.2) is 54.6 Å². The number of aliphatic hydroxyl groups is 2. The van der Waals surface area contributed by atoms with E-state index in [2.05, 4.69) is 84.5 Å². The summed E-state index contributed by atoms with van der Waals surface area (Å²) in [5.74, 6) is 0. The van der Waals surface area contributed by atoms with Gasteiger partial charge in [-0.3, -0.25) is 0 Å². The minimum Gasteiger partial charge on any atom is -0.393 e. The molecule has 2 N–H and O–H groups in total. The Morgan fingerprint density at radius 3 is 1.96 bits per heavy atom. The fraction of sp³-hybridized carbons (Fsp3) is 0.350. The summed E-state index contributed by atoms with van der Waals surface area (Å²) < 4.78 is 1.11. The van der Waals surface area contributed by atoms with Crippen molar-refractivity contribution in [3.63, 3.8) is 0 Å². The molecule has 2 aromatic rings. The molecule has 0 radical (unpaired) electrons. The van der Waals surface area contributed by atoms with Crippen molar-refractivity contribution in [2.24, 2.45) is 0 Å². The Balaban J connectivity index is 0.000000321. The van der Waals surface area contributed by atoms with Gasteiger partial charge < -0.3 is 10.2 Å². The van der Waals surface area contributed by atoms with E-state index in [9.17, 15) is 0 Å². The summed E-state index contributed by atoms with van der Waals surface area (Å²) in [6, 6.07) is 21.9. The van der Waals surface area contributed by atoms with Crippen molar-refractivity contribution >= 4 is 29.1 Å². The molecule has 0 aliphatic carbocycles. The van der Waals surface area contributed by atoms with Crippen LogP contribution in [0.5, 0.6) is 0 Å². The Bertz CT molecular complexity index is 657. The van der Waals surface area contributed by atoms with Crippen molar-refractivity contribution in [3.8, 4) is 0 Å². The first kappa shape index (κ1) is 21.9. The van der Waals surface area contributed by atoms with Crippen LogP contribution in [0, 0.1) is 6.07 Å². The summed E-state index contributed by atoms with van der Waals surface area (Å²) in [4.78, 5) is 4.65. The van der Waals surface area contributed by atoms with Gasteiger partial charge in [0.25, 0.3) is 0 Å². The second kappa shape index (κ2) is 10.2. The summed E-state index contributed by atoms with van der Waals surface area (Å²) >= 11 is 3.46. The Morgan fingerprint density at radius 1 is 0.926 bits per heavy atom. The fourth-order valence-corrected chi connectivity index (χ4v) is 4.14. The van der Waals surface area contributed by atoms with Crippen molar-refractivity contribution in [3.05, 3.63) is 60.7 Å². The molecule has 2 aromatic carbocycles. The molecule has 0 aromatic heterocycles. The van der Waals surface area contributed by atoms with Gasteiger partial charge >= 0.3 is 132 Å². The molecule has 0 bridgehead atoms. The summed E-state index contributed by atoms with van der Waals surface area (Å²) in [6.07, 6.45) is -0.278. The molecule has 0 amide bonds. The average molecular weight is 455 g/mol. The third kappa shape index (κ3) is 5.80. The molecule has 27 heavy (non-hydrogen) atoms. The molecule has 0 saturated carbocycles. The summed E-state index contributed by atoms with van der Waals surface area (Å²) in [5, 5.41) is 17.1. The quantitative estimate of drug-likeness (QED) is 0.550. The SMILES string of the molecule is CB1B(C)N(c2ccccc2)[C](=[Pd])N1c1[c-]cccc1.CC(O)CC(C)O. The van der Waals surface area contributed by atoms with Crippen LogP contribution < -0.4 is 9.62 Å². The van der Waals surface area contributed by atoms with Crippen molar-refractivity contribution in [2.45, 2.75) is 46.1 Å². The Morgan fingerprint density at radius 2 is 1.48 bits per heavy atom. The van der Waals surface area contributed by atoms with Crippen LogP contribution in [-0.2, 0) is 18.7 Å². The molecule has 3 rings (SSSR count). The molecule has 7 heteroatoms. The van der Waals surface area contributed by atoms with E-state index in [0.29, 0.717) is 19.9 Å². The van der Waals surface area contributed by atoms with Gasteiger partial charge in [0.05, 0.1) is 12.2 Å². The minimum absolute atomic E-state index is 0.375. The maximum atomic E-state index is 8.56. The maximum Gasteiger partial charge on any atom is 0.0536 e. The molecule has 0 spiro atoms. The fourth-order valence-electron chi connectivity index (χ4n) is 3.12. The average Bonchev–Trinajstić information content (AvgIpc) is 2.85. The van der Waals surface area contributed by atoms with E-state index >= 15 is 0 Å².